The molecule has 5 heteroatoms. The van der Waals surface area contributed by atoms with Gasteiger partial charge in [0.1, 0.15) is 0 Å². The molecule has 0 N–H and O–H groups in total. The molecule has 51 heavy (non-hydrogen) atoms. The maximum absolute atomic E-state index is 5.54. The number of hydrogen-bond donors (Lipinski definition) is 0. The topological polar surface area (TPSA) is 18.5 Å². The molecule has 4 aromatic rings. The van der Waals surface area contributed by atoms with Gasteiger partial charge in [0, 0.05) is 0 Å². The van der Waals surface area contributed by atoms with Crippen LogP contribution in [0.3, 0.4) is 0 Å². The number of methoxy groups -OCH3 is 2. The molecule has 2 nitrogen and oxygen atoms in total. The first-order valence-corrected chi connectivity index (χ1v) is 26.8. The largest absolute Gasteiger partial charge is 0.147 e. The minimum atomic E-state index is -3.42. The molecule has 1 saturated heterocycles. The molecule has 1 aliphatic heterocycles. The van der Waals surface area contributed by atoms with Crippen molar-refractivity contribution in [2.75, 3.05) is 14.2 Å². The molecule has 0 amide bonds. The third-order valence-electron chi connectivity index (χ3n) is 12.6. The maximum atomic E-state index is 5.54. The average Bonchev–Trinajstić information content (AvgIpc) is 3.36. The van der Waals surface area contributed by atoms with E-state index in [0.29, 0.717) is 7.35 Å². The predicted molar refractivity (Wildman–Crippen MR) is 218 cm³/mol. The second-order valence-corrected chi connectivity index (χ2v) is 33.8. The Bertz CT molecular complexity index is 1830. The number of hydrogen-bond acceptors (Lipinski definition) is 2. The van der Waals surface area contributed by atoms with E-state index >= 15 is 0 Å². The Morgan fingerprint density at radius 1 is 0.529 bits per heavy atom. The fourth-order valence-corrected chi connectivity index (χ4v) is 47.2. The average molecular weight is 888 g/mol. The van der Waals surface area contributed by atoms with E-state index in [4.69, 9.17) is 9.47 Å². The normalized spacial score (nSPS) is 24.5. The van der Waals surface area contributed by atoms with E-state index in [0.717, 1.165) is 18.8 Å². The monoisotopic (exact) mass is 888 g/mol. The van der Waals surface area contributed by atoms with E-state index < -0.39 is 20.0 Å². The van der Waals surface area contributed by atoms with Gasteiger partial charge in [-0.25, -0.2) is 0 Å². The molecule has 4 aliphatic rings. The fraction of sp³-hybridized carbons (Fsp3) is 0.391. The molecule has 4 atom stereocenters. The van der Waals surface area contributed by atoms with E-state index in [1.807, 2.05) is 0 Å². The molecule has 1 heterocycles. The van der Waals surface area contributed by atoms with Gasteiger partial charge < -0.3 is 0 Å². The summed E-state index contributed by atoms with van der Waals surface area (Å²) in [5, 5.41) is 0. The molecule has 0 bridgehead atoms. The third kappa shape index (κ3) is 6.12. The Balaban J connectivity index is 0.00000224. The zero-order chi connectivity index (χ0) is 34.3. The van der Waals surface area contributed by atoms with Crippen LogP contribution in [0, 0.1) is 10.8 Å². The summed E-state index contributed by atoms with van der Waals surface area (Å²) >= 11 is -3.42. The van der Waals surface area contributed by atoms with Gasteiger partial charge >= 0.3 is 301 Å². The summed E-state index contributed by atoms with van der Waals surface area (Å²) in [5.41, 5.74) is 15.2. The van der Waals surface area contributed by atoms with Gasteiger partial charge in [-0.15, -0.1) is 24.8 Å². The number of rotatable bonds is 6. The first-order chi connectivity index (χ1) is 23.5. The summed E-state index contributed by atoms with van der Waals surface area (Å²) in [6.07, 6.45) is 11.0. The van der Waals surface area contributed by atoms with Crippen molar-refractivity contribution in [3.63, 3.8) is 0 Å². The smallest absolute Gasteiger partial charge is 0.147 e. The molecule has 1 saturated carbocycles. The van der Waals surface area contributed by atoms with Crippen LogP contribution in [0.25, 0.3) is 34.4 Å². The molecule has 0 aromatic heterocycles. The van der Waals surface area contributed by atoms with E-state index in [1.54, 1.807) is 36.5 Å². The van der Waals surface area contributed by atoms with Crippen molar-refractivity contribution in [2.24, 2.45) is 10.8 Å². The Labute approximate surface area is 323 Å². The molecule has 3 aliphatic carbocycles. The molecule has 2 fully saturated rings. The van der Waals surface area contributed by atoms with Crippen molar-refractivity contribution in [1.29, 1.82) is 0 Å². The van der Waals surface area contributed by atoms with Crippen LogP contribution in [0.15, 0.2) is 96.1 Å². The zero-order valence-electron chi connectivity index (χ0n) is 31.5. The predicted octanol–water partition coefficient (Wildman–Crippen LogP) is 13.9. The van der Waals surface area contributed by atoms with Gasteiger partial charge in [0.05, 0.1) is 0 Å². The summed E-state index contributed by atoms with van der Waals surface area (Å²) in [4.78, 5) is 0. The van der Waals surface area contributed by atoms with Crippen molar-refractivity contribution in [1.82, 2.24) is 0 Å². The summed E-state index contributed by atoms with van der Waals surface area (Å²) in [7, 11) is 3.50. The van der Waals surface area contributed by atoms with Gasteiger partial charge in [-0.05, 0) is 0 Å². The van der Waals surface area contributed by atoms with E-state index in [2.05, 4.69) is 139 Å². The molecule has 268 valence electrons. The Morgan fingerprint density at radius 2 is 0.902 bits per heavy atom. The van der Waals surface area contributed by atoms with E-state index in [-0.39, 0.29) is 35.6 Å². The maximum Gasteiger partial charge on any atom is -0.147 e. The molecule has 0 radical (unpaired) electrons. The van der Waals surface area contributed by atoms with Crippen LogP contribution in [0.2, 0.25) is 7.35 Å². The SMILES string of the molecule is COc1ccc(-c2cccc3c2C=C(C(C)(C)C)[CH]3[Hf]2([CH]3C(C(C)(C)C)=Cc4c(-c5ccc(OC)cc5)cccc43)[CH]3CCCC[CH]32)cc1.Cl.Cl. The van der Waals surface area contributed by atoms with Crippen LogP contribution in [-0.4, -0.2) is 14.2 Å². The van der Waals surface area contributed by atoms with E-state index in [1.165, 1.54) is 59.1 Å². The Kier molecular flexibility index (Phi) is 10.5. The van der Waals surface area contributed by atoms with Crippen LogP contribution in [0.4, 0.5) is 0 Å². The molecular formula is C46H54Cl2HfO2. The Hall–Kier alpha value is -2.59. The van der Waals surface area contributed by atoms with Gasteiger partial charge in [0.15, 0.2) is 0 Å². The number of ether oxygens (including phenoxy) is 2. The molecule has 4 unspecified atom stereocenters. The Morgan fingerprint density at radius 3 is 1.24 bits per heavy atom. The summed E-state index contributed by atoms with van der Waals surface area (Å²) in [5.74, 6) is 1.82. The third-order valence-corrected chi connectivity index (χ3v) is 37.1. The van der Waals surface area contributed by atoms with Gasteiger partial charge in [-0.3, -0.25) is 0 Å². The van der Waals surface area contributed by atoms with E-state index in [9.17, 15) is 0 Å². The number of allylic oxidation sites excluding steroid dienone is 2. The van der Waals surface area contributed by atoms with Crippen LogP contribution in [-0.2, 0) is 20.0 Å². The first-order valence-electron chi connectivity index (χ1n) is 18.5. The minimum absolute atomic E-state index is 0. The quantitative estimate of drug-likeness (QED) is 0.180. The number of benzene rings is 4. The van der Waals surface area contributed by atoms with Crippen molar-refractivity contribution < 1.29 is 29.4 Å². The van der Waals surface area contributed by atoms with Gasteiger partial charge in [0.2, 0.25) is 0 Å². The van der Waals surface area contributed by atoms with Crippen LogP contribution in [0.5, 0.6) is 11.5 Å². The van der Waals surface area contributed by atoms with Crippen LogP contribution < -0.4 is 9.47 Å². The van der Waals surface area contributed by atoms with Gasteiger partial charge in [-0.1, -0.05) is 0 Å². The minimum Gasteiger partial charge on any atom is -0.147 e. The molecular weight excluding hydrogens is 834 g/mol. The fourth-order valence-electron chi connectivity index (χ4n) is 10.5. The summed E-state index contributed by atoms with van der Waals surface area (Å²) < 4.78 is 14.2. The second kappa shape index (κ2) is 14.0. The summed E-state index contributed by atoms with van der Waals surface area (Å²) in [6.45, 7) is 14.9. The van der Waals surface area contributed by atoms with Crippen LogP contribution >= 0.6 is 24.8 Å². The van der Waals surface area contributed by atoms with Gasteiger partial charge in [-0.2, -0.15) is 0 Å². The first kappa shape index (κ1) is 38.1. The molecule has 0 spiro atoms. The zero-order valence-corrected chi connectivity index (χ0v) is 36.7. The van der Waals surface area contributed by atoms with Crippen molar-refractivity contribution >= 4 is 37.0 Å². The van der Waals surface area contributed by atoms with Crippen molar-refractivity contribution in [3.05, 3.63) is 118 Å². The van der Waals surface area contributed by atoms with Crippen LogP contribution in [0.1, 0.15) is 96.8 Å². The van der Waals surface area contributed by atoms with Crippen molar-refractivity contribution in [3.8, 4) is 33.8 Å². The summed E-state index contributed by atoms with van der Waals surface area (Å²) in [6, 6.07) is 32.0. The van der Waals surface area contributed by atoms with Crippen molar-refractivity contribution in [2.45, 2.75) is 81.9 Å². The van der Waals surface area contributed by atoms with Gasteiger partial charge in [0.25, 0.3) is 0 Å². The molecule has 4 aromatic carbocycles. The molecule has 8 rings (SSSR count). The number of fused-ring (bicyclic) bond motifs is 3. The number of halogens is 2. The standard InChI is InChI=1S/2C20H21O.C6H10.2ClH.Hf/c2*1-20(2,3)16-12-15-6-5-7-18(19(15)13-16)14-8-10-17(21-4)11-9-14;1-2-4-6-5-3-1;;;/h2*5-13H,1-4H3;1-2H,3-6H2;2*1H;. The second-order valence-electron chi connectivity index (χ2n) is 17.1.